The van der Waals surface area contributed by atoms with Crippen molar-refractivity contribution in [3.8, 4) is 6.07 Å². The van der Waals surface area contributed by atoms with Crippen molar-refractivity contribution in [2.75, 3.05) is 29.5 Å². The molecule has 5 nitrogen and oxygen atoms in total. The van der Waals surface area contributed by atoms with Crippen LogP contribution in [0.1, 0.15) is 11.3 Å². The van der Waals surface area contributed by atoms with Gasteiger partial charge in [-0.3, -0.25) is 0 Å². The standard InChI is InChI=1S/C11H13N3O2S/c1-9-6-10(8-12)7-11(13-9)14-2-4-17(15,16)5-3-14/h6-7H,2-5H2,1H3. The van der Waals surface area contributed by atoms with Crippen molar-refractivity contribution in [3.05, 3.63) is 23.4 Å². The molecule has 1 saturated heterocycles. The molecule has 1 aliphatic heterocycles. The summed E-state index contributed by atoms with van der Waals surface area (Å²) in [5.41, 5.74) is 1.33. The summed E-state index contributed by atoms with van der Waals surface area (Å²) in [6, 6.07) is 5.49. The number of pyridine rings is 1. The van der Waals surface area contributed by atoms with Gasteiger partial charge in [0.15, 0.2) is 9.84 Å². The summed E-state index contributed by atoms with van der Waals surface area (Å²) in [5.74, 6) is 1.01. The number of nitrogens with zero attached hydrogens (tertiary/aromatic N) is 3. The molecule has 0 atom stereocenters. The predicted molar refractivity (Wildman–Crippen MR) is 64.6 cm³/mol. The van der Waals surface area contributed by atoms with Gasteiger partial charge in [-0.25, -0.2) is 13.4 Å². The zero-order chi connectivity index (χ0) is 12.5. The average molecular weight is 251 g/mol. The van der Waals surface area contributed by atoms with Crippen LogP contribution in [0, 0.1) is 18.3 Å². The largest absolute Gasteiger partial charge is 0.355 e. The van der Waals surface area contributed by atoms with Gasteiger partial charge in [-0.2, -0.15) is 5.26 Å². The van der Waals surface area contributed by atoms with E-state index in [0.717, 1.165) is 5.69 Å². The third-order valence-corrected chi connectivity index (χ3v) is 4.35. The molecule has 1 aromatic heterocycles. The fraction of sp³-hybridized carbons (Fsp3) is 0.455. The van der Waals surface area contributed by atoms with Crippen molar-refractivity contribution in [1.29, 1.82) is 5.26 Å². The summed E-state index contributed by atoms with van der Waals surface area (Å²) in [6.07, 6.45) is 0. The zero-order valence-corrected chi connectivity index (χ0v) is 10.4. The molecule has 0 aliphatic carbocycles. The van der Waals surface area contributed by atoms with Crippen LogP contribution in [0.2, 0.25) is 0 Å². The minimum atomic E-state index is -2.88. The van der Waals surface area contributed by atoms with Crippen LogP contribution in [0.15, 0.2) is 12.1 Å². The van der Waals surface area contributed by atoms with Crippen LogP contribution in [0.5, 0.6) is 0 Å². The third kappa shape index (κ3) is 2.74. The highest BCUT2D eigenvalue weighted by Crippen LogP contribution is 2.17. The fourth-order valence-electron chi connectivity index (χ4n) is 1.82. The van der Waals surface area contributed by atoms with E-state index >= 15 is 0 Å². The summed E-state index contributed by atoms with van der Waals surface area (Å²) in [5, 5.41) is 8.88. The molecule has 1 fully saturated rings. The summed E-state index contributed by atoms with van der Waals surface area (Å²) in [7, 11) is -2.88. The maximum absolute atomic E-state index is 11.3. The lowest BCUT2D eigenvalue weighted by molar-refractivity contribution is 0.586. The number of anilines is 1. The zero-order valence-electron chi connectivity index (χ0n) is 9.55. The number of aromatic nitrogens is 1. The van der Waals surface area contributed by atoms with Crippen LogP contribution >= 0.6 is 0 Å². The number of sulfone groups is 1. The van der Waals surface area contributed by atoms with E-state index in [-0.39, 0.29) is 11.5 Å². The van der Waals surface area contributed by atoms with Crippen LogP contribution in [0.25, 0.3) is 0 Å². The first-order valence-corrected chi connectivity index (χ1v) is 7.16. The van der Waals surface area contributed by atoms with Gasteiger partial charge in [-0.15, -0.1) is 0 Å². The molecule has 0 saturated carbocycles. The van der Waals surface area contributed by atoms with E-state index in [4.69, 9.17) is 5.26 Å². The lowest BCUT2D eigenvalue weighted by Gasteiger charge is -2.27. The molecular weight excluding hydrogens is 238 g/mol. The quantitative estimate of drug-likeness (QED) is 0.726. The smallest absolute Gasteiger partial charge is 0.153 e. The summed E-state index contributed by atoms with van der Waals surface area (Å²) in [4.78, 5) is 6.24. The molecule has 2 rings (SSSR count). The van der Waals surface area contributed by atoms with E-state index in [0.29, 0.717) is 24.5 Å². The van der Waals surface area contributed by atoms with E-state index < -0.39 is 9.84 Å². The minimum absolute atomic E-state index is 0.157. The molecule has 0 amide bonds. The summed E-state index contributed by atoms with van der Waals surface area (Å²) in [6.45, 7) is 2.72. The number of hydrogen-bond acceptors (Lipinski definition) is 5. The van der Waals surface area contributed by atoms with E-state index in [2.05, 4.69) is 11.1 Å². The lowest BCUT2D eigenvalue weighted by Crippen LogP contribution is -2.40. The number of rotatable bonds is 1. The highest BCUT2D eigenvalue weighted by Gasteiger charge is 2.22. The highest BCUT2D eigenvalue weighted by molar-refractivity contribution is 7.91. The molecule has 6 heteroatoms. The van der Waals surface area contributed by atoms with E-state index in [1.165, 1.54) is 0 Å². The Balaban J connectivity index is 2.24. The second kappa shape index (κ2) is 4.34. The molecular formula is C11H13N3O2S. The first-order chi connectivity index (χ1) is 8.00. The Bertz CT molecular complexity index is 561. The predicted octanol–water partition coefficient (Wildman–Crippen LogP) is 0.496. The van der Waals surface area contributed by atoms with Gasteiger partial charge in [0.25, 0.3) is 0 Å². The van der Waals surface area contributed by atoms with Crippen LogP contribution in [0.4, 0.5) is 5.82 Å². The van der Waals surface area contributed by atoms with Gasteiger partial charge in [0, 0.05) is 18.8 Å². The highest BCUT2D eigenvalue weighted by atomic mass is 32.2. The number of nitriles is 1. The maximum atomic E-state index is 11.3. The van der Waals surface area contributed by atoms with Gasteiger partial charge in [-0.05, 0) is 19.1 Å². The fourth-order valence-corrected chi connectivity index (χ4v) is 3.02. The van der Waals surface area contributed by atoms with Gasteiger partial charge < -0.3 is 4.90 Å². The van der Waals surface area contributed by atoms with Gasteiger partial charge in [-0.1, -0.05) is 0 Å². The topological polar surface area (TPSA) is 74.1 Å². The Kier molecular flexibility index (Phi) is 3.03. The third-order valence-electron chi connectivity index (χ3n) is 2.74. The molecule has 0 radical (unpaired) electrons. The van der Waals surface area contributed by atoms with Gasteiger partial charge in [0.1, 0.15) is 5.82 Å². The molecule has 1 aromatic rings. The van der Waals surface area contributed by atoms with Crippen molar-refractivity contribution in [2.45, 2.75) is 6.92 Å². The Morgan fingerprint density at radius 1 is 1.35 bits per heavy atom. The van der Waals surface area contributed by atoms with E-state index in [9.17, 15) is 8.42 Å². The Morgan fingerprint density at radius 2 is 2.00 bits per heavy atom. The second-order valence-corrected chi connectivity index (χ2v) is 6.41. The van der Waals surface area contributed by atoms with Gasteiger partial charge >= 0.3 is 0 Å². The first kappa shape index (κ1) is 11.9. The lowest BCUT2D eigenvalue weighted by atomic mass is 10.2. The van der Waals surface area contributed by atoms with Crippen molar-refractivity contribution < 1.29 is 8.42 Å². The minimum Gasteiger partial charge on any atom is -0.355 e. The van der Waals surface area contributed by atoms with Crippen LogP contribution < -0.4 is 4.90 Å². The molecule has 2 heterocycles. The first-order valence-electron chi connectivity index (χ1n) is 5.34. The normalized spacial score (nSPS) is 18.7. The maximum Gasteiger partial charge on any atom is 0.153 e. The second-order valence-electron chi connectivity index (χ2n) is 4.11. The Labute approximate surface area is 101 Å². The monoisotopic (exact) mass is 251 g/mol. The number of hydrogen-bond donors (Lipinski definition) is 0. The van der Waals surface area contributed by atoms with E-state index in [1.54, 1.807) is 12.1 Å². The van der Waals surface area contributed by atoms with E-state index in [1.807, 2.05) is 11.8 Å². The summed E-state index contributed by atoms with van der Waals surface area (Å²) >= 11 is 0. The van der Waals surface area contributed by atoms with Crippen LogP contribution in [-0.2, 0) is 9.84 Å². The molecule has 0 aromatic carbocycles. The van der Waals surface area contributed by atoms with Crippen molar-refractivity contribution in [1.82, 2.24) is 4.98 Å². The SMILES string of the molecule is Cc1cc(C#N)cc(N2CCS(=O)(=O)CC2)n1. The van der Waals surface area contributed by atoms with Crippen molar-refractivity contribution >= 4 is 15.7 Å². The molecule has 0 unspecified atom stereocenters. The molecule has 0 bridgehead atoms. The number of aryl methyl sites for hydroxylation is 1. The molecule has 17 heavy (non-hydrogen) atoms. The molecule has 90 valence electrons. The molecule has 0 N–H and O–H groups in total. The van der Waals surface area contributed by atoms with Crippen LogP contribution in [0.3, 0.4) is 0 Å². The Morgan fingerprint density at radius 3 is 2.59 bits per heavy atom. The molecule has 1 aliphatic rings. The molecule has 0 spiro atoms. The average Bonchev–Trinajstić information content (AvgIpc) is 2.28. The van der Waals surface area contributed by atoms with Crippen molar-refractivity contribution in [2.24, 2.45) is 0 Å². The van der Waals surface area contributed by atoms with Gasteiger partial charge in [0.2, 0.25) is 0 Å². The Hall–Kier alpha value is -1.61. The summed E-state index contributed by atoms with van der Waals surface area (Å²) < 4.78 is 22.6. The van der Waals surface area contributed by atoms with Gasteiger partial charge in [0.05, 0.1) is 23.1 Å². The van der Waals surface area contributed by atoms with Crippen molar-refractivity contribution in [3.63, 3.8) is 0 Å². The van der Waals surface area contributed by atoms with Crippen LogP contribution in [-0.4, -0.2) is 38.0 Å².